The second kappa shape index (κ2) is 6.05. The predicted molar refractivity (Wildman–Crippen MR) is 90.8 cm³/mol. The Hall–Kier alpha value is -1.33. The zero-order valence-corrected chi connectivity index (χ0v) is 14.5. The Morgan fingerprint density at radius 1 is 1.45 bits per heavy atom. The van der Waals surface area contributed by atoms with Crippen molar-refractivity contribution in [3.8, 4) is 0 Å². The van der Waals surface area contributed by atoms with Crippen LogP contribution in [-0.4, -0.2) is 28.7 Å². The number of hydrogen-bond acceptors (Lipinski definition) is 2. The van der Waals surface area contributed by atoms with Gasteiger partial charge < -0.3 is 14.6 Å². The highest BCUT2D eigenvalue weighted by molar-refractivity contribution is 9.10. The van der Waals surface area contributed by atoms with Gasteiger partial charge in [-0.25, -0.2) is 0 Å². The summed E-state index contributed by atoms with van der Waals surface area (Å²) in [6.45, 7) is 5.19. The molecule has 4 nitrogen and oxygen atoms in total. The van der Waals surface area contributed by atoms with Gasteiger partial charge in [-0.05, 0) is 50.3 Å². The van der Waals surface area contributed by atoms with Crippen molar-refractivity contribution in [1.29, 1.82) is 0 Å². The predicted octanol–water partition coefficient (Wildman–Crippen LogP) is 3.48. The minimum atomic E-state index is -0.152. The van der Waals surface area contributed by atoms with Gasteiger partial charge in [0.2, 0.25) is 5.91 Å². The Balaban J connectivity index is 1.67. The molecule has 22 heavy (non-hydrogen) atoms. The first-order valence-corrected chi connectivity index (χ1v) is 8.40. The summed E-state index contributed by atoms with van der Waals surface area (Å²) in [5.74, 6) is 0.0557. The Bertz CT molecular complexity index is 693. The molecule has 1 N–H and O–H groups in total. The number of benzene rings is 1. The molecule has 2 heterocycles. The van der Waals surface area contributed by atoms with Gasteiger partial charge in [0.05, 0.1) is 5.60 Å². The first-order valence-electron chi connectivity index (χ1n) is 7.61. The fourth-order valence-electron chi connectivity index (χ4n) is 3.08. The van der Waals surface area contributed by atoms with E-state index in [9.17, 15) is 4.79 Å². The minimum Gasteiger partial charge on any atom is -0.375 e. The third-order valence-corrected chi connectivity index (χ3v) is 4.61. The summed E-state index contributed by atoms with van der Waals surface area (Å²) in [4.78, 5) is 12.3. The van der Waals surface area contributed by atoms with Gasteiger partial charge in [0.1, 0.15) is 6.54 Å². The average Bonchev–Trinajstić information content (AvgIpc) is 2.80. The van der Waals surface area contributed by atoms with Gasteiger partial charge >= 0.3 is 0 Å². The normalized spacial score (nSPS) is 21.0. The van der Waals surface area contributed by atoms with Crippen molar-refractivity contribution in [3.63, 3.8) is 0 Å². The van der Waals surface area contributed by atoms with E-state index in [1.807, 2.05) is 29.0 Å². The molecular formula is C17H21BrN2O2. The van der Waals surface area contributed by atoms with Gasteiger partial charge in [-0.2, -0.15) is 0 Å². The van der Waals surface area contributed by atoms with E-state index < -0.39 is 0 Å². The standard InChI is InChI=1S/C17H21BrN2O2/c1-17(2)10-14(6-8-22-17)19-16(21)11-20-7-5-12-3-4-13(18)9-15(12)20/h3-5,7,9,14H,6,8,10-11H2,1-2H3,(H,19,21)/t14-/m1/s1. The van der Waals surface area contributed by atoms with Crippen LogP contribution in [0.1, 0.15) is 26.7 Å². The molecule has 1 aromatic carbocycles. The monoisotopic (exact) mass is 364 g/mol. The van der Waals surface area contributed by atoms with E-state index in [2.05, 4.69) is 41.2 Å². The molecule has 0 spiro atoms. The number of carbonyl (C=O) groups is 1. The molecule has 118 valence electrons. The lowest BCUT2D eigenvalue weighted by Crippen LogP contribution is -2.46. The smallest absolute Gasteiger partial charge is 0.240 e. The molecule has 1 atom stereocenters. The molecule has 0 saturated carbocycles. The van der Waals surface area contributed by atoms with Gasteiger partial charge in [-0.15, -0.1) is 0 Å². The number of rotatable bonds is 3. The van der Waals surface area contributed by atoms with Crippen LogP contribution in [0.5, 0.6) is 0 Å². The maximum atomic E-state index is 12.3. The van der Waals surface area contributed by atoms with E-state index in [0.29, 0.717) is 13.2 Å². The second-order valence-electron chi connectivity index (χ2n) is 6.51. The van der Waals surface area contributed by atoms with E-state index in [1.165, 1.54) is 0 Å². The number of fused-ring (bicyclic) bond motifs is 1. The Kier molecular flexibility index (Phi) is 4.28. The van der Waals surface area contributed by atoms with Crippen LogP contribution >= 0.6 is 15.9 Å². The third kappa shape index (κ3) is 3.52. The second-order valence-corrected chi connectivity index (χ2v) is 7.43. The zero-order chi connectivity index (χ0) is 15.7. The van der Waals surface area contributed by atoms with Crippen molar-refractivity contribution in [2.45, 2.75) is 44.9 Å². The van der Waals surface area contributed by atoms with Gasteiger partial charge in [0, 0.05) is 28.8 Å². The van der Waals surface area contributed by atoms with E-state index in [4.69, 9.17) is 4.74 Å². The summed E-state index contributed by atoms with van der Waals surface area (Å²) in [5, 5.41) is 4.28. The van der Waals surface area contributed by atoms with Gasteiger partial charge in [-0.1, -0.05) is 22.0 Å². The van der Waals surface area contributed by atoms with Crippen molar-refractivity contribution in [2.24, 2.45) is 0 Å². The molecule has 3 rings (SSSR count). The summed E-state index contributed by atoms with van der Waals surface area (Å²) in [6.07, 6.45) is 3.70. The van der Waals surface area contributed by atoms with Crippen LogP contribution in [0.4, 0.5) is 0 Å². The molecule has 0 bridgehead atoms. The fraction of sp³-hybridized carbons (Fsp3) is 0.471. The number of nitrogens with zero attached hydrogens (tertiary/aromatic N) is 1. The molecular weight excluding hydrogens is 344 g/mol. The van der Waals surface area contributed by atoms with Crippen LogP contribution in [0.3, 0.4) is 0 Å². The summed E-state index contributed by atoms with van der Waals surface area (Å²) >= 11 is 3.48. The summed E-state index contributed by atoms with van der Waals surface area (Å²) in [6, 6.07) is 8.34. The van der Waals surface area contributed by atoms with E-state index >= 15 is 0 Å². The van der Waals surface area contributed by atoms with Crippen molar-refractivity contribution >= 4 is 32.7 Å². The quantitative estimate of drug-likeness (QED) is 0.905. The van der Waals surface area contributed by atoms with Crippen molar-refractivity contribution in [1.82, 2.24) is 9.88 Å². The highest BCUT2D eigenvalue weighted by atomic mass is 79.9. The fourth-order valence-corrected chi connectivity index (χ4v) is 3.43. The maximum absolute atomic E-state index is 12.3. The molecule has 1 amide bonds. The summed E-state index contributed by atoms with van der Waals surface area (Å²) < 4.78 is 8.70. The lowest BCUT2D eigenvalue weighted by molar-refractivity contribution is -0.124. The van der Waals surface area contributed by atoms with Crippen LogP contribution in [0.2, 0.25) is 0 Å². The van der Waals surface area contributed by atoms with Crippen molar-refractivity contribution in [2.75, 3.05) is 6.61 Å². The average molecular weight is 365 g/mol. The summed E-state index contributed by atoms with van der Waals surface area (Å²) in [7, 11) is 0. The minimum absolute atomic E-state index is 0.0557. The molecule has 1 aliphatic rings. The van der Waals surface area contributed by atoms with E-state index in [0.717, 1.165) is 28.2 Å². The van der Waals surface area contributed by atoms with Crippen LogP contribution in [0, 0.1) is 0 Å². The number of ether oxygens (including phenoxy) is 1. The number of halogens is 1. The van der Waals surface area contributed by atoms with Gasteiger partial charge in [0.25, 0.3) is 0 Å². The largest absolute Gasteiger partial charge is 0.375 e. The molecule has 1 fully saturated rings. The lowest BCUT2D eigenvalue weighted by Gasteiger charge is -2.35. The molecule has 2 aromatic rings. The van der Waals surface area contributed by atoms with Crippen LogP contribution < -0.4 is 5.32 Å². The van der Waals surface area contributed by atoms with Gasteiger partial charge in [-0.3, -0.25) is 4.79 Å². The maximum Gasteiger partial charge on any atom is 0.240 e. The SMILES string of the molecule is CC1(C)C[C@H](NC(=O)Cn2ccc3ccc(Br)cc32)CCO1. The van der Waals surface area contributed by atoms with Crippen LogP contribution in [0.15, 0.2) is 34.9 Å². The number of nitrogens with one attached hydrogen (secondary N) is 1. The molecule has 1 saturated heterocycles. The van der Waals surface area contributed by atoms with Crippen molar-refractivity contribution < 1.29 is 9.53 Å². The topological polar surface area (TPSA) is 43.3 Å². The summed E-state index contributed by atoms with van der Waals surface area (Å²) in [5.41, 5.74) is 0.915. The molecule has 5 heteroatoms. The lowest BCUT2D eigenvalue weighted by atomic mass is 9.94. The Labute approximate surface area is 139 Å². The zero-order valence-electron chi connectivity index (χ0n) is 12.9. The number of aromatic nitrogens is 1. The Morgan fingerprint density at radius 3 is 3.05 bits per heavy atom. The molecule has 0 aliphatic carbocycles. The molecule has 0 unspecified atom stereocenters. The third-order valence-electron chi connectivity index (χ3n) is 4.11. The van der Waals surface area contributed by atoms with Gasteiger partial charge in [0.15, 0.2) is 0 Å². The highest BCUT2D eigenvalue weighted by Crippen LogP contribution is 2.24. The first-order chi connectivity index (χ1) is 10.4. The highest BCUT2D eigenvalue weighted by Gasteiger charge is 2.29. The molecule has 1 aromatic heterocycles. The number of hydrogen-bond donors (Lipinski definition) is 1. The number of amides is 1. The molecule has 1 aliphatic heterocycles. The number of carbonyl (C=O) groups excluding carboxylic acids is 1. The van der Waals surface area contributed by atoms with Crippen LogP contribution in [-0.2, 0) is 16.1 Å². The first kappa shape index (κ1) is 15.6. The molecule has 0 radical (unpaired) electrons. The van der Waals surface area contributed by atoms with Crippen LogP contribution in [0.25, 0.3) is 10.9 Å². The van der Waals surface area contributed by atoms with E-state index in [-0.39, 0.29) is 17.6 Å². The Morgan fingerprint density at radius 2 is 2.27 bits per heavy atom. The van der Waals surface area contributed by atoms with Crippen molar-refractivity contribution in [3.05, 3.63) is 34.9 Å². The van der Waals surface area contributed by atoms with E-state index in [1.54, 1.807) is 0 Å².